The minimum Gasteiger partial charge on any atom is -0.370 e. The summed E-state index contributed by atoms with van der Waals surface area (Å²) >= 11 is 6.81. The van der Waals surface area contributed by atoms with E-state index in [0.29, 0.717) is 16.6 Å². The predicted octanol–water partition coefficient (Wildman–Crippen LogP) is 5.35. The zero-order chi connectivity index (χ0) is 22.9. The number of aromatic nitrogens is 1. The topological polar surface area (TPSA) is 39.3 Å². The van der Waals surface area contributed by atoms with Gasteiger partial charge in [-0.2, -0.15) is 0 Å². The molecule has 3 aliphatic rings. The van der Waals surface area contributed by atoms with Crippen LogP contribution in [0.4, 0.5) is 5.69 Å². The largest absolute Gasteiger partial charge is 0.370 e. The van der Waals surface area contributed by atoms with Crippen LogP contribution < -0.4 is 4.90 Å². The molecule has 2 fully saturated rings. The van der Waals surface area contributed by atoms with Gasteiger partial charge in [0.2, 0.25) is 0 Å². The molecular formula is C28H28ClN3O. The third-order valence-electron chi connectivity index (χ3n) is 8.03. The molecule has 168 valence electrons. The SMILES string of the molecule is C#Cc1ccc2c3c([nH]c2c1)C(C)(C)c1cc(N2CCC(N4CCC4)CC2)c(Cl)cc1C3=O. The van der Waals surface area contributed by atoms with Crippen molar-refractivity contribution in [3.8, 4) is 12.3 Å². The van der Waals surface area contributed by atoms with E-state index in [2.05, 4.69) is 40.6 Å². The average molecular weight is 458 g/mol. The normalized spacial score (nSPS) is 20.3. The number of anilines is 1. The first-order valence-corrected chi connectivity index (χ1v) is 12.3. The van der Waals surface area contributed by atoms with Crippen molar-refractivity contribution in [3.63, 3.8) is 0 Å². The van der Waals surface area contributed by atoms with E-state index in [1.54, 1.807) is 0 Å². The third kappa shape index (κ3) is 3.06. The molecule has 0 amide bonds. The van der Waals surface area contributed by atoms with Crippen LogP contribution in [-0.4, -0.2) is 47.9 Å². The maximum Gasteiger partial charge on any atom is 0.195 e. The average Bonchev–Trinajstić information content (AvgIpc) is 3.17. The van der Waals surface area contributed by atoms with E-state index in [0.717, 1.165) is 52.1 Å². The Morgan fingerprint density at radius 3 is 2.55 bits per heavy atom. The highest BCUT2D eigenvalue weighted by Gasteiger charge is 2.41. The monoisotopic (exact) mass is 457 g/mol. The summed E-state index contributed by atoms with van der Waals surface area (Å²) < 4.78 is 0. The molecule has 0 spiro atoms. The van der Waals surface area contributed by atoms with Crippen LogP contribution >= 0.6 is 11.6 Å². The Labute approximate surface area is 199 Å². The Balaban J connectivity index is 1.40. The number of rotatable bonds is 2. The number of piperidine rings is 1. The highest BCUT2D eigenvalue weighted by atomic mass is 35.5. The second kappa shape index (κ2) is 7.38. The van der Waals surface area contributed by atoms with E-state index in [4.69, 9.17) is 18.0 Å². The number of aromatic amines is 1. The van der Waals surface area contributed by atoms with Gasteiger partial charge in [0.05, 0.1) is 16.3 Å². The van der Waals surface area contributed by atoms with E-state index >= 15 is 0 Å². The number of halogens is 1. The summed E-state index contributed by atoms with van der Waals surface area (Å²) in [7, 11) is 0. The molecule has 0 unspecified atom stereocenters. The first kappa shape index (κ1) is 20.8. The van der Waals surface area contributed by atoms with E-state index in [-0.39, 0.29) is 11.2 Å². The van der Waals surface area contributed by atoms with Gasteiger partial charge in [0.15, 0.2) is 5.78 Å². The molecule has 2 aromatic carbocycles. The van der Waals surface area contributed by atoms with Crippen molar-refractivity contribution in [1.82, 2.24) is 9.88 Å². The van der Waals surface area contributed by atoms with Gasteiger partial charge in [-0.1, -0.05) is 37.4 Å². The lowest BCUT2D eigenvalue weighted by Crippen LogP contribution is -2.50. The zero-order valence-corrected chi connectivity index (χ0v) is 19.9. The van der Waals surface area contributed by atoms with E-state index < -0.39 is 0 Å². The molecular weight excluding hydrogens is 430 g/mol. The van der Waals surface area contributed by atoms with Crippen LogP contribution in [0.2, 0.25) is 5.02 Å². The maximum absolute atomic E-state index is 13.7. The fraction of sp³-hybridized carbons (Fsp3) is 0.393. The van der Waals surface area contributed by atoms with Crippen LogP contribution in [0.3, 0.4) is 0 Å². The molecule has 2 aliphatic heterocycles. The van der Waals surface area contributed by atoms with Crippen molar-refractivity contribution in [2.45, 2.75) is 44.6 Å². The Bertz CT molecular complexity index is 1330. The Morgan fingerprint density at radius 2 is 1.88 bits per heavy atom. The number of nitrogens with one attached hydrogen (secondary N) is 1. The van der Waals surface area contributed by atoms with Gasteiger partial charge in [-0.15, -0.1) is 6.42 Å². The summed E-state index contributed by atoms with van der Waals surface area (Å²) in [6, 6.07) is 10.6. The molecule has 6 rings (SSSR count). The number of benzene rings is 2. The number of hydrogen-bond acceptors (Lipinski definition) is 3. The smallest absolute Gasteiger partial charge is 0.195 e. The molecule has 33 heavy (non-hydrogen) atoms. The number of hydrogen-bond donors (Lipinski definition) is 1. The molecule has 3 aromatic rings. The van der Waals surface area contributed by atoms with Gasteiger partial charge < -0.3 is 14.8 Å². The van der Waals surface area contributed by atoms with Crippen molar-refractivity contribution < 1.29 is 4.79 Å². The summed E-state index contributed by atoms with van der Waals surface area (Å²) in [6.07, 6.45) is 9.27. The number of ketones is 1. The van der Waals surface area contributed by atoms with Crippen LogP contribution in [0.1, 0.15) is 65.9 Å². The Morgan fingerprint density at radius 1 is 1.12 bits per heavy atom. The minimum absolute atomic E-state index is 0.0315. The third-order valence-corrected chi connectivity index (χ3v) is 8.34. The molecule has 1 aliphatic carbocycles. The molecule has 2 saturated heterocycles. The van der Waals surface area contributed by atoms with Crippen molar-refractivity contribution in [1.29, 1.82) is 0 Å². The summed E-state index contributed by atoms with van der Waals surface area (Å²) in [4.78, 5) is 22.2. The van der Waals surface area contributed by atoms with Crippen LogP contribution in [-0.2, 0) is 5.41 Å². The van der Waals surface area contributed by atoms with Gasteiger partial charge in [-0.05, 0) is 62.2 Å². The second-order valence-corrected chi connectivity index (χ2v) is 10.6. The van der Waals surface area contributed by atoms with Crippen molar-refractivity contribution in [2.24, 2.45) is 0 Å². The van der Waals surface area contributed by atoms with E-state index in [9.17, 15) is 4.79 Å². The van der Waals surface area contributed by atoms with Crippen molar-refractivity contribution in [2.75, 3.05) is 31.1 Å². The van der Waals surface area contributed by atoms with Crippen LogP contribution in [0.25, 0.3) is 10.9 Å². The molecule has 5 heteroatoms. The zero-order valence-electron chi connectivity index (χ0n) is 19.2. The lowest BCUT2D eigenvalue weighted by Gasteiger charge is -2.44. The number of carbonyl (C=O) groups is 1. The molecule has 4 nitrogen and oxygen atoms in total. The molecule has 0 bridgehead atoms. The van der Waals surface area contributed by atoms with Crippen LogP contribution in [0, 0.1) is 12.3 Å². The van der Waals surface area contributed by atoms with Gasteiger partial charge in [0.1, 0.15) is 0 Å². The summed E-state index contributed by atoms with van der Waals surface area (Å²) in [5.74, 6) is 2.72. The quantitative estimate of drug-likeness (QED) is 0.527. The molecule has 0 saturated carbocycles. The van der Waals surface area contributed by atoms with E-state index in [1.807, 2.05) is 24.3 Å². The number of carbonyl (C=O) groups excluding carboxylic acids is 1. The highest BCUT2D eigenvalue weighted by Crippen LogP contribution is 2.46. The number of fused-ring (bicyclic) bond motifs is 4. The van der Waals surface area contributed by atoms with Gasteiger partial charge in [-0.25, -0.2) is 0 Å². The van der Waals surface area contributed by atoms with Gasteiger partial charge >= 0.3 is 0 Å². The summed E-state index contributed by atoms with van der Waals surface area (Å²) in [5, 5.41) is 1.58. The Kier molecular flexibility index (Phi) is 4.66. The second-order valence-electron chi connectivity index (χ2n) is 10.2. The fourth-order valence-corrected chi connectivity index (χ4v) is 6.23. The molecule has 0 radical (unpaired) electrons. The summed E-state index contributed by atoms with van der Waals surface area (Å²) in [6.45, 7) is 8.86. The lowest BCUT2D eigenvalue weighted by molar-refractivity contribution is 0.100. The number of H-pyrrole nitrogens is 1. The number of likely N-dealkylation sites (tertiary alicyclic amines) is 1. The minimum atomic E-state index is -0.358. The van der Waals surface area contributed by atoms with Crippen LogP contribution in [0.15, 0.2) is 30.3 Å². The molecule has 0 atom stereocenters. The van der Waals surface area contributed by atoms with Crippen LogP contribution in [0.5, 0.6) is 0 Å². The van der Waals surface area contributed by atoms with Gasteiger partial charge in [-0.3, -0.25) is 4.79 Å². The Hall–Kier alpha value is -2.74. The fourth-order valence-electron chi connectivity index (χ4n) is 5.95. The van der Waals surface area contributed by atoms with Gasteiger partial charge in [0.25, 0.3) is 0 Å². The van der Waals surface area contributed by atoms with Crippen molar-refractivity contribution >= 4 is 34.0 Å². The number of nitrogens with zero attached hydrogens (tertiary/aromatic N) is 2. The predicted molar refractivity (Wildman–Crippen MR) is 135 cm³/mol. The van der Waals surface area contributed by atoms with Gasteiger partial charge in [0, 0.05) is 52.3 Å². The molecule has 1 N–H and O–H groups in total. The highest BCUT2D eigenvalue weighted by molar-refractivity contribution is 6.34. The standard InChI is InChI=1S/C28H28ClN3O/c1-4-17-6-7-19-23(14-17)30-27-25(19)26(33)20-15-22(29)24(16-21(20)28(27,2)3)32-12-8-18(9-13-32)31-10-5-11-31/h1,6-7,14-16,18,30H,5,8-13H2,2-3H3. The molecule has 1 aromatic heterocycles. The first-order valence-electron chi connectivity index (χ1n) is 11.9. The van der Waals surface area contributed by atoms with E-state index in [1.165, 1.54) is 32.4 Å². The summed E-state index contributed by atoms with van der Waals surface area (Å²) in [5.41, 5.74) is 5.83. The number of terminal acetylenes is 1. The lowest BCUT2D eigenvalue weighted by atomic mass is 9.71. The maximum atomic E-state index is 13.7. The molecule has 3 heterocycles. The van der Waals surface area contributed by atoms with Crippen molar-refractivity contribution in [3.05, 3.63) is 63.3 Å². The first-order chi connectivity index (χ1) is 15.9.